The normalized spacial score (nSPS) is 10.2. The average molecular weight is 256 g/mol. The Labute approximate surface area is 113 Å². The molecule has 0 aliphatic rings. The number of hydrogen-bond acceptors (Lipinski definition) is 3. The van der Waals surface area contributed by atoms with Gasteiger partial charge in [0.05, 0.1) is 6.61 Å². The summed E-state index contributed by atoms with van der Waals surface area (Å²) in [7, 11) is -1.42. The van der Waals surface area contributed by atoms with E-state index in [4.69, 9.17) is 14.8 Å². The molecule has 3 nitrogen and oxygen atoms in total. The minimum absolute atomic E-state index is 0.469. The van der Waals surface area contributed by atoms with Crippen molar-refractivity contribution in [1.29, 1.82) is 0 Å². The van der Waals surface area contributed by atoms with Crippen LogP contribution in [0, 0.1) is 0 Å². The second kappa shape index (κ2) is 6.97. The van der Waals surface area contributed by atoms with Crippen LogP contribution in [0.1, 0.15) is 12.0 Å². The van der Waals surface area contributed by atoms with Crippen LogP contribution in [0.5, 0.6) is 5.75 Å². The first-order valence-electron chi connectivity index (χ1n) is 6.38. The average Bonchev–Trinajstić information content (AvgIpc) is 2.45. The van der Waals surface area contributed by atoms with Gasteiger partial charge in [0.1, 0.15) is 5.75 Å². The van der Waals surface area contributed by atoms with E-state index in [-0.39, 0.29) is 0 Å². The van der Waals surface area contributed by atoms with Crippen molar-refractivity contribution in [2.24, 2.45) is 0 Å². The first kappa shape index (κ1) is 13.7. The summed E-state index contributed by atoms with van der Waals surface area (Å²) in [6, 6.07) is 17.1. The largest absolute Gasteiger partial charge is 0.494 e. The highest BCUT2D eigenvalue weighted by atomic mass is 16.5. The van der Waals surface area contributed by atoms with Crippen molar-refractivity contribution in [1.82, 2.24) is 0 Å². The van der Waals surface area contributed by atoms with Crippen LogP contribution in [-0.4, -0.2) is 23.8 Å². The van der Waals surface area contributed by atoms with E-state index in [1.807, 2.05) is 18.2 Å². The fraction of sp³-hybridized carbons (Fsp3) is 0.200. The predicted octanol–water partition coefficient (Wildman–Crippen LogP) is 1.38. The van der Waals surface area contributed by atoms with E-state index in [0.717, 1.165) is 18.6 Å². The maximum Gasteiger partial charge on any atom is 0.488 e. The van der Waals surface area contributed by atoms with Gasteiger partial charge in [0.2, 0.25) is 0 Å². The van der Waals surface area contributed by atoms with Crippen LogP contribution in [0.4, 0.5) is 0 Å². The predicted molar refractivity (Wildman–Crippen MR) is 76.5 cm³/mol. The molecule has 4 heteroatoms. The van der Waals surface area contributed by atoms with Gasteiger partial charge in [0, 0.05) is 0 Å². The van der Waals surface area contributed by atoms with Crippen LogP contribution in [-0.2, 0) is 6.42 Å². The Balaban J connectivity index is 1.74. The maximum atomic E-state index is 8.97. The van der Waals surface area contributed by atoms with Gasteiger partial charge in [-0.3, -0.25) is 0 Å². The van der Waals surface area contributed by atoms with Gasteiger partial charge in [-0.25, -0.2) is 0 Å². The molecule has 19 heavy (non-hydrogen) atoms. The summed E-state index contributed by atoms with van der Waals surface area (Å²) in [5.41, 5.74) is 1.78. The van der Waals surface area contributed by atoms with E-state index in [1.54, 1.807) is 24.3 Å². The summed E-state index contributed by atoms with van der Waals surface area (Å²) in [4.78, 5) is 0. The Morgan fingerprint density at radius 2 is 1.58 bits per heavy atom. The van der Waals surface area contributed by atoms with Crippen LogP contribution in [0.15, 0.2) is 54.6 Å². The monoisotopic (exact) mass is 256 g/mol. The highest BCUT2D eigenvalue weighted by Crippen LogP contribution is 2.09. The van der Waals surface area contributed by atoms with Gasteiger partial charge >= 0.3 is 7.12 Å². The molecule has 0 atom stereocenters. The molecule has 2 aromatic rings. The zero-order valence-corrected chi connectivity index (χ0v) is 10.7. The molecule has 0 heterocycles. The number of rotatable bonds is 6. The lowest BCUT2D eigenvalue weighted by atomic mass is 9.80. The van der Waals surface area contributed by atoms with Crippen molar-refractivity contribution in [3.63, 3.8) is 0 Å². The smallest absolute Gasteiger partial charge is 0.488 e. The molecular weight excluding hydrogens is 239 g/mol. The summed E-state index contributed by atoms with van der Waals surface area (Å²) in [6.07, 6.45) is 1.95. The molecule has 0 radical (unpaired) electrons. The third kappa shape index (κ3) is 4.43. The highest BCUT2D eigenvalue weighted by Gasteiger charge is 2.09. The Morgan fingerprint density at radius 3 is 2.21 bits per heavy atom. The van der Waals surface area contributed by atoms with E-state index in [1.165, 1.54) is 5.56 Å². The van der Waals surface area contributed by atoms with Gasteiger partial charge in [-0.15, -0.1) is 0 Å². The highest BCUT2D eigenvalue weighted by molar-refractivity contribution is 6.58. The fourth-order valence-corrected chi connectivity index (χ4v) is 1.85. The number of aryl methyl sites for hydroxylation is 1. The van der Waals surface area contributed by atoms with Crippen LogP contribution >= 0.6 is 0 Å². The van der Waals surface area contributed by atoms with Crippen molar-refractivity contribution >= 4 is 12.6 Å². The van der Waals surface area contributed by atoms with E-state index in [0.29, 0.717) is 12.1 Å². The molecule has 98 valence electrons. The molecule has 2 rings (SSSR count). The zero-order chi connectivity index (χ0) is 13.5. The van der Waals surface area contributed by atoms with Gasteiger partial charge in [0.25, 0.3) is 0 Å². The molecule has 0 spiro atoms. The first-order chi connectivity index (χ1) is 9.25. The van der Waals surface area contributed by atoms with Crippen molar-refractivity contribution in [2.45, 2.75) is 12.8 Å². The Bertz CT molecular complexity index is 483. The summed E-state index contributed by atoms with van der Waals surface area (Å²) in [6.45, 7) is 0.649. The van der Waals surface area contributed by atoms with Crippen molar-refractivity contribution in [2.75, 3.05) is 6.61 Å². The lowest BCUT2D eigenvalue weighted by Gasteiger charge is -2.07. The van der Waals surface area contributed by atoms with Gasteiger partial charge in [-0.05, 0) is 36.0 Å². The maximum absolute atomic E-state index is 8.97. The van der Waals surface area contributed by atoms with E-state index < -0.39 is 7.12 Å². The number of ether oxygens (including phenoxy) is 1. The Hall–Kier alpha value is -1.78. The number of benzene rings is 2. The molecule has 0 aromatic heterocycles. The third-order valence-corrected chi connectivity index (χ3v) is 2.90. The molecule has 0 amide bonds. The Kier molecular flexibility index (Phi) is 5.01. The minimum atomic E-state index is -1.42. The van der Waals surface area contributed by atoms with Crippen LogP contribution in [0.2, 0.25) is 0 Å². The molecule has 2 N–H and O–H groups in total. The molecule has 0 bridgehead atoms. The Morgan fingerprint density at radius 1 is 0.895 bits per heavy atom. The molecule has 0 saturated carbocycles. The van der Waals surface area contributed by atoms with E-state index in [9.17, 15) is 0 Å². The molecule has 0 aliphatic heterocycles. The molecule has 2 aromatic carbocycles. The summed E-state index contributed by atoms with van der Waals surface area (Å²) >= 11 is 0. The quantitative estimate of drug-likeness (QED) is 0.606. The van der Waals surface area contributed by atoms with E-state index >= 15 is 0 Å². The summed E-state index contributed by atoms with van der Waals surface area (Å²) < 4.78 is 5.60. The van der Waals surface area contributed by atoms with E-state index in [2.05, 4.69) is 12.1 Å². The lowest BCUT2D eigenvalue weighted by Crippen LogP contribution is -2.29. The molecule has 0 saturated heterocycles. The van der Waals surface area contributed by atoms with Crippen molar-refractivity contribution < 1.29 is 14.8 Å². The van der Waals surface area contributed by atoms with Crippen molar-refractivity contribution in [3.05, 3.63) is 60.2 Å². The zero-order valence-electron chi connectivity index (χ0n) is 10.7. The van der Waals surface area contributed by atoms with Gasteiger partial charge in [0.15, 0.2) is 0 Å². The van der Waals surface area contributed by atoms with Gasteiger partial charge in [-0.2, -0.15) is 0 Å². The van der Waals surface area contributed by atoms with Crippen LogP contribution in [0.25, 0.3) is 0 Å². The minimum Gasteiger partial charge on any atom is -0.494 e. The van der Waals surface area contributed by atoms with Crippen LogP contribution in [0.3, 0.4) is 0 Å². The first-order valence-corrected chi connectivity index (χ1v) is 6.38. The molecule has 0 fully saturated rings. The molecule has 0 aliphatic carbocycles. The summed E-state index contributed by atoms with van der Waals surface area (Å²) in [5, 5.41) is 17.9. The summed E-state index contributed by atoms with van der Waals surface area (Å²) in [5.74, 6) is 0.748. The standard InChI is InChI=1S/C15H17BO3/c17-16(18)14-8-10-15(11-9-14)19-12-4-7-13-5-2-1-3-6-13/h1-3,5-6,8-11,17-18H,4,7,12H2. The second-order valence-electron chi connectivity index (χ2n) is 4.38. The number of hydrogen-bond donors (Lipinski definition) is 2. The lowest BCUT2D eigenvalue weighted by molar-refractivity contribution is 0.311. The third-order valence-electron chi connectivity index (χ3n) is 2.90. The van der Waals surface area contributed by atoms with Crippen molar-refractivity contribution in [3.8, 4) is 5.75 Å². The molecular formula is C15H17BO3. The van der Waals surface area contributed by atoms with Gasteiger partial charge < -0.3 is 14.8 Å². The second-order valence-corrected chi connectivity index (χ2v) is 4.38. The SMILES string of the molecule is OB(O)c1ccc(OCCCc2ccccc2)cc1. The topological polar surface area (TPSA) is 49.7 Å². The van der Waals surface area contributed by atoms with Crippen LogP contribution < -0.4 is 10.2 Å². The van der Waals surface area contributed by atoms with Gasteiger partial charge in [-0.1, -0.05) is 42.5 Å². The fourth-order valence-electron chi connectivity index (χ4n) is 1.85. The molecule has 0 unspecified atom stereocenters.